The Morgan fingerprint density at radius 1 is 0.629 bits per heavy atom. The number of hydrogen-bond donors (Lipinski definition) is 0. The van der Waals surface area contributed by atoms with Crippen LogP contribution >= 0.6 is 0 Å². The summed E-state index contributed by atoms with van der Waals surface area (Å²) in [4.78, 5) is 0. The Morgan fingerprint density at radius 2 is 1.17 bits per heavy atom. The first-order chi connectivity index (χ1) is 17.2. The lowest BCUT2D eigenvalue weighted by molar-refractivity contribution is 0.288. The fraction of sp³-hybridized carbons (Fsp3) is 0.647. The summed E-state index contributed by atoms with van der Waals surface area (Å²) in [7, 11) is 0. The van der Waals surface area contributed by atoms with Crippen LogP contribution < -0.4 is 0 Å². The van der Waals surface area contributed by atoms with Crippen molar-refractivity contribution in [1.29, 1.82) is 0 Å². The van der Waals surface area contributed by atoms with Gasteiger partial charge >= 0.3 is 0 Å². The van der Waals surface area contributed by atoms with Gasteiger partial charge in [-0.25, -0.2) is 4.39 Å². The third-order valence-corrected chi connectivity index (χ3v) is 9.27. The van der Waals surface area contributed by atoms with Crippen molar-refractivity contribution in [2.75, 3.05) is 0 Å². The topological polar surface area (TPSA) is 0 Å². The molecule has 0 aliphatic heterocycles. The minimum atomic E-state index is 0.0909. The number of unbranched alkanes of at least 4 members (excludes halogenated alkanes) is 4. The molecule has 2 fully saturated rings. The zero-order valence-corrected chi connectivity index (χ0v) is 22.5. The molecule has 0 heterocycles. The van der Waals surface area contributed by atoms with Crippen molar-refractivity contribution in [3.8, 4) is 11.1 Å². The van der Waals surface area contributed by atoms with E-state index >= 15 is 4.39 Å². The lowest BCUT2D eigenvalue weighted by Gasteiger charge is -2.35. The molecular formula is C34H49F. The molecule has 2 aliphatic carbocycles. The summed E-state index contributed by atoms with van der Waals surface area (Å²) < 4.78 is 16.4. The predicted molar refractivity (Wildman–Crippen MR) is 150 cm³/mol. The van der Waals surface area contributed by atoms with E-state index in [1.165, 1.54) is 108 Å². The average molecular weight is 477 g/mol. The lowest BCUT2D eigenvalue weighted by atomic mass is 9.71. The first-order valence-electron chi connectivity index (χ1n) is 15.1. The molecule has 4 rings (SSSR count). The van der Waals surface area contributed by atoms with Crippen LogP contribution in [0, 0.1) is 17.7 Å². The lowest BCUT2D eigenvalue weighted by Crippen LogP contribution is -2.19. The predicted octanol–water partition coefficient (Wildman–Crippen LogP) is 11.2. The van der Waals surface area contributed by atoms with E-state index in [4.69, 9.17) is 0 Å². The minimum Gasteiger partial charge on any atom is -0.206 e. The molecule has 0 nitrogen and oxygen atoms in total. The summed E-state index contributed by atoms with van der Waals surface area (Å²) in [6.07, 6.45) is 21.0. The fourth-order valence-electron chi connectivity index (χ4n) is 7.09. The van der Waals surface area contributed by atoms with Gasteiger partial charge in [0.15, 0.2) is 0 Å². The van der Waals surface area contributed by atoms with E-state index < -0.39 is 0 Å². The highest BCUT2D eigenvalue weighted by Gasteiger charge is 2.31. The monoisotopic (exact) mass is 476 g/mol. The molecular weight excluding hydrogens is 427 g/mol. The van der Waals surface area contributed by atoms with Gasteiger partial charge in [0, 0.05) is 5.56 Å². The smallest absolute Gasteiger partial charge is 0.134 e. The molecule has 0 unspecified atom stereocenters. The Labute approximate surface area is 215 Å². The highest BCUT2D eigenvalue weighted by molar-refractivity contribution is 5.66. The van der Waals surface area contributed by atoms with E-state index in [1.807, 2.05) is 18.2 Å². The van der Waals surface area contributed by atoms with Crippen LogP contribution in [0.25, 0.3) is 11.1 Å². The van der Waals surface area contributed by atoms with Crippen LogP contribution in [0.4, 0.5) is 4.39 Å². The molecule has 0 atom stereocenters. The highest BCUT2D eigenvalue weighted by atomic mass is 19.1. The first kappa shape index (κ1) is 26.4. The molecule has 0 radical (unpaired) electrons. The van der Waals surface area contributed by atoms with Crippen molar-refractivity contribution in [1.82, 2.24) is 0 Å². The van der Waals surface area contributed by atoms with Crippen LogP contribution in [0.5, 0.6) is 0 Å². The second-order valence-corrected chi connectivity index (χ2v) is 11.7. The van der Waals surface area contributed by atoms with Crippen LogP contribution in [0.1, 0.15) is 140 Å². The Balaban J connectivity index is 1.52. The van der Waals surface area contributed by atoms with Crippen molar-refractivity contribution in [3.05, 3.63) is 59.4 Å². The number of benzene rings is 2. The van der Waals surface area contributed by atoms with Crippen LogP contribution in [-0.2, 0) is 0 Å². The molecule has 35 heavy (non-hydrogen) atoms. The zero-order chi connectivity index (χ0) is 24.5. The van der Waals surface area contributed by atoms with Crippen LogP contribution in [0.15, 0.2) is 42.5 Å². The van der Waals surface area contributed by atoms with Gasteiger partial charge in [-0.3, -0.25) is 0 Å². The third-order valence-electron chi connectivity index (χ3n) is 9.27. The van der Waals surface area contributed by atoms with Crippen molar-refractivity contribution >= 4 is 0 Å². The zero-order valence-electron chi connectivity index (χ0n) is 22.5. The molecule has 2 aliphatic rings. The van der Waals surface area contributed by atoms with E-state index in [0.717, 1.165) is 28.5 Å². The van der Waals surface area contributed by atoms with Crippen LogP contribution in [0.3, 0.4) is 0 Å². The van der Waals surface area contributed by atoms with E-state index in [-0.39, 0.29) is 5.82 Å². The normalized spacial score (nSPS) is 25.0. The molecule has 0 N–H and O–H groups in total. The molecule has 0 bridgehead atoms. The van der Waals surface area contributed by atoms with Crippen molar-refractivity contribution in [3.63, 3.8) is 0 Å². The maximum absolute atomic E-state index is 16.4. The largest absolute Gasteiger partial charge is 0.206 e. The Hall–Kier alpha value is -1.63. The quantitative estimate of drug-likeness (QED) is 0.283. The Morgan fingerprint density at radius 3 is 1.71 bits per heavy atom. The summed E-state index contributed by atoms with van der Waals surface area (Å²) in [5.74, 6) is 2.80. The van der Waals surface area contributed by atoms with Gasteiger partial charge in [0.1, 0.15) is 5.82 Å². The molecule has 0 spiro atoms. The van der Waals surface area contributed by atoms with E-state index in [1.54, 1.807) is 0 Å². The minimum absolute atomic E-state index is 0.0909. The molecule has 2 aromatic carbocycles. The Bertz CT molecular complexity index is 869. The fourth-order valence-corrected chi connectivity index (χ4v) is 7.09. The van der Waals surface area contributed by atoms with E-state index in [0.29, 0.717) is 11.8 Å². The SMILES string of the molecule is CCCCC[C@H]1CC[C@H](c2ccc(-c3ccccc3)c(F)c2[C@H]2CC[C@H](CCCCC)CC2)CC1. The van der Waals surface area contributed by atoms with Crippen molar-refractivity contribution in [2.24, 2.45) is 11.8 Å². The summed E-state index contributed by atoms with van der Waals surface area (Å²) >= 11 is 0. The number of halogens is 1. The standard InChI is InChI=1S/C34H49F/c1-3-5-8-12-26-16-20-29(21-17-26)31-24-25-32(28-14-10-7-11-15-28)34(35)33(31)30-22-18-27(19-23-30)13-9-6-4-2/h7,10-11,14-15,24-27,29-30H,3-6,8-9,12-13,16-23H2,1-2H3/t26-,27-,29-,30-. The molecule has 0 saturated heterocycles. The summed E-state index contributed by atoms with van der Waals surface area (Å²) in [5, 5.41) is 0. The Kier molecular flexibility index (Phi) is 10.3. The first-order valence-corrected chi connectivity index (χ1v) is 15.1. The van der Waals surface area contributed by atoms with Crippen LogP contribution in [0.2, 0.25) is 0 Å². The van der Waals surface area contributed by atoms with Gasteiger partial charge in [-0.15, -0.1) is 0 Å². The number of hydrogen-bond acceptors (Lipinski definition) is 0. The second kappa shape index (κ2) is 13.6. The average Bonchev–Trinajstić information content (AvgIpc) is 2.90. The van der Waals surface area contributed by atoms with Gasteiger partial charge in [0.25, 0.3) is 0 Å². The molecule has 0 amide bonds. The van der Waals surface area contributed by atoms with Gasteiger partial charge in [-0.1, -0.05) is 108 Å². The van der Waals surface area contributed by atoms with Gasteiger partial charge < -0.3 is 0 Å². The van der Waals surface area contributed by atoms with Gasteiger partial charge in [0.05, 0.1) is 0 Å². The molecule has 192 valence electrons. The van der Waals surface area contributed by atoms with Crippen LogP contribution in [-0.4, -0.2) is 0 Å². The summed E-state index contributed by atoms with van der Waals surface area (Å²) in [6, 6.07) is 14.6. The van der Waals surface area contributed by atoms with E-state index in [2.05, 4.69) is 38.1 Å². The highest BCUT2D eigenvalue weighted by Crippen LogP contribution is 2.46. The van der Waals surface area contributed by atoms with Crippen molar-refractivity contribution in [2.45, 2.75) is 128 Å². The van der Waals surface area contributed by atoms with Crippen molar-refractivity contribution < 1.29 is 4.39 Å². The summed E-state index contributed by atoms with van der Waals surface area (Å²) in [6.45, 7) is 4.59. The number of rotatable bonds is 11. The third kappa shape index (κ3) is 6.99. The van der Waals surface area contributed by atoms with Gasteiger partial charge in [0.2, 0.25) is 0 Å². The second-order valence-electron chi connectivity index (χ2n) is 11.7. The maximum atomic E-state index is 16.4. The summed E-state index contributed by atoms with van der Waals surface area (Å²) in [5.41, 5.74) is 4.30. The van der Waals surface area contributed by atoms with Gasteiger partial charge in [-0.2, -0.15) is 0 Å². The maximum Gasteiger partial charge on any atom is 0.134 e. The molecule has 2 saturated carbocycles. The van der Waals surface area contributed by atoms with Gasteiger partial charge in [-0.05, 0) is 91.7 Å². The van der Waals surface area contributed by atoms with E-state index in [9.17, 15) is 0 Å². The molecule has 1 heteroatoms. The molecule has 2 aromatic rings. The molecule has 0 aromatic heterocycles.